The number of benzene rings is 2. The van der Waals surface area contributed by atoms with Gasteiger partial charge in [-0.05, 0) is 40.6 Å². The van der Waals surface area contributed by atoms with E-state index in [4.69, 9.17) is 10.5 Å². The fraction of sp³-hybridized carbons (Fsp3) is 0.294. The Labute approximate surface area is 124 Å². The number of nitrogens with two attached hydrogens (primary N) is 1. The second-order valence-electron chi connectivity index (χ2n) is 4.95. The number of hydrogen-bond acceptors (Lipinski definition) is 3. The Hall–Kier alpha value is -1.45. The highest BCUT2D eigenvalue weighted by molar-refractivity contribution is 7.99. The largest absolute Gasteiger partial charge is 0.493 e. The maximum atomic E-state index is 6.39. The molecule has 2 aromatic rings. The molecule has 3 heteroatoms. The van der Waals surface area contributed by atoms with Crippen molar-refractivity contribution in [3.63, 3.8) is 0 Å². The lowest BCUT2D eigenvalue weighted by molar-refractivity contribution is 0.357. The molecule has 2 nitrogen and oxygen atoms in total. The van der Waals surface area contributed by atoms with Gasteiger partial charge in [0.15, 0.2) is 0 Å². The molecule has 0 radical (unpaired) electrons. The zero-order valence-corrected chi connectivity index (χ0v) is 12.5. The van der Waals surface area contributed by atoms with Crippen LogP contribution in [-0.2, 0) is 6.42 Å². The Morgan fingerprint density at radius 1 is 1.15 bits per heavy atom. The van der Waals surface area contributed by atoms with Crippen LogP contribution in [0, 0.1) is 0 Å². The van der Waals surface area contributed by atoms with Crippen LogP contribution in [0.2, 0.25) is 0 Å². The van der Waals surface area contributed by atoms with E-state index in [1.165, 1.54) is 10.5 Å². The molecular formula is C17H19NOS. The Kier molecular flexibility index (Phi) is 3.99. The van der Waals surface area contributed by atoms with Gasteiger partial charge in [0.25, 0.3) is 0 Å². The van der Waals surface area contributed by atoms with Crippen LogP contribution < -0.4 is 10.5 Å². The fourth-order valence-corrected chi connectivity index (χ4v) is 3.19. The Morgan fingerprint density at radius 2 is 1.90 bits per heavy atom. The van der Waals surface area contributed by atoms with Crippen LogP contribution in [0.25, 0.3) is 0 Å². The van der Waals surface area contributed by atoms with Crippen molar-refractivity contribution in [2.45, 2.75) is 24.3 Å². The molecule has 104 valence electrons. The van der Waals surface area contributed by atoms with E-state index in [0.717, 1.165) is 35.7 Å². The molecule has 2 N–H and O–H groups in total. The second-order valence-corrected chi connectivity index (χ2v) is 6.28. The van der Waals surface area contributed by atoms with Crippen molar-refractivity contribution >= 4 is 11.8 Å². The maximum Gasteiger partial charge on any atom is 0.122 e. The van der Waals surface area contributed by atoms with Gasteiger partial charge in [0.05, 0.1) is 12.6 Å². The number of fused-ring (bicyclic) bond motifs is 1. The molecule has 0 saturated heterocycles. The lowest BCUT2D eigenvalue weighted by atomic mass is 9.97. The van der Waals surface area contributed by atoms with E-state index in [1.807, 2.05) is 17.8 Å². The molecule has 0 fully saturated rings. The average Bonchev–Trinajstić information content (AvgIpc) is 2.95. The summed E-state index contributed by atoms with van der Waals surface area (Å²) >= 11 is 1.85. The number of thioether (sulfide) groups is 1. The molecule has 0 aromatic heterocycles. The van der Waals surface area contributed by atoms with Crippen LogP contribution in [0.3, 0.4) is 0 Å². The maximum absolute atomic E-state index is 6.39. The predicted octanol–water partition coefficient (Wildman–Crippen LogP) is 3.78. The molecule has 20 heavy (non-hydrogen) atoms. The van der Waals surface area contributed by atoms with Crippen LogP contribution >= 0.6 is 11.8 Å². The number of ether oxygens (including phenoxy) is 1. The fourth-order valence-electron chi connectivity index (χ4n) is 2.53. The summed E-state index contributed by atoms with van der Waals surface area (Å²) in [5.74, 6) is 2.10. The third kappa shape index (κ3) is 2.69. The van der Waals surface area contributed by atoms with Crippen LogP contribution in [0.4, 0.5) is 0 Å². The minimum Gasteiger partial charge on any atom is -0.493 e. The van der Waals surface area contributed by atoms with Crippen molar-refractivity contribution in [1.82, 2.24) is 0 Å². The molecular weight excluding hydrogens is 266 g/mol. The summed E-state index contributed by atoms with van der Waals surface area (Å²) in [5.41, 5.74) is 9.98. The van der Waals surface area contributed by atoms with Gasteiger partial charge in [-0.2, -0.15) is 0 Å². The summed E-state index contributed by atoms with van der Waals surface area (Å²) in [6.45, 7) is 2.95. The van der Waals surface area contributed by atoms with E-state index >= 15 is 0 Å². The normalized spacial score (nSPS) is 14.7. The first kappa shape index (κ1) is 13.5. The van der Waals surface area contributed by atoms with E-state index in [2.05, 4.69) is 43.3 Å². The lowest BCUT2D eigenvalue weighted by Crippen LogP contribution is -2.11. The van der Waals surface area contributed by atoms with Gasteiger partial charge in [-0.15, -0.1) is 11.8 Å². The summed E-state index contributed by atoms with van der Waals surface area (Å²) in [6, 6.07) is 14.8. The molecule has 0 spiro atoms. The third-order valence-electron chi connectivity index (χ3n) is 3.62. The highest BCUT2D eigenvalue weighted by atomic mass is 32.2. The van der Waals surface area contributed by atoms with Crippen LogP contribution in [-0.4, -0.2) is 12.4 Å². The standard InChI is InChI=1S/C17H19NOS/c1-2-20-15-6-3-12(4-7-15)17(18)14-5-8-16-13(11-14)9-10-19-16/h3-8,11,17H,2,9-10,18H2,1H3. The van der Waals surface area contributed by atoms with Crippen molar-refractivity contribution in [2.75, 3.05) is 12.4 Å². The van der Waals surface area contributed by atoms with E-state index in [-0.39, 0.29) is 6.04 Å². The van der Waals surface area contributed by atoms with E-state index in [1.54, 1.807) is 0 Å². The predicted molar refractivity (Wildman–Crippen MR) is 84.5 cm³/mol. The molecule has 1 aliphatic rings. The molecule has 1 heterocycles. The summed E-state index contributed by atoms with van der Waals surface area (Å²) in [7, 11) is 0. The highest BCUT2D eigenvalue weighted by Crippen LogP contribution is 2.30. The van der Waals surface area contributed by atoms with Gasteiger partial charge < -0.3 is 10.5 Å². The average molecular weight is 285 g/mol. The van der Waals surface area contributed by atoms with Gasteiger partial charge in [0.2, 0.25) is 0 Å². The first-order chi connectivity index (χ1) is 9.78. The number of rotatable bonds is 4. The third-order valence-corrected chi connectivity index (χ3v) is 4.52. The quantitative estimate of drug-likeness (QED) is 0.868. The molecule has 1 aliphatic heterocycles. The summed E-state index contributed by atoms with van der Waals surface area (Å²) in [4.78, 5) is 1.30. The van der Waals surface area contributed by atoms with Crippen molar-refractivity contribution in [3.05, 3.63) is 59.2 Å². The van der Waals surface area contributed by atoms with Gasteiger partial charge >= 0.3 is 0 Å². The minimum atomic E-state index is -0.0680. The Balaban J connectivity index is 1.82. The molecule has 1 unspecified atom stereocenters. The zero-order chi connectivity index (χ0) is 13.9. The molecule has 0 aliphatic carbocycles. The van der Waals surface area contributed by atoms with Crippen LogP contribution in [0.1, 0.15) is 29.7 Å². The van der Waals surface area contributed by atoms with Gasteiger partial charge in [0, 0.05) is 11.3 Å². The smallest absolute Gasteiger partial charge is 0.122 e. The Bertz CT molecular complexity index is 594. The molecule has 3 rings (SSSR count). The molecule has 0 saturated carbocycles. The molecule has 0 amide bonds. The van der Waals surface area contributed by atoms with Crippen LogP contribution in [0.15, 0.2) is 47.4 Å². The van der Waals surface area contributed by atoms with Crippen molar-refractivity contribution in [2.24, 2.45) is 5.73 Å². The summed E-state index contributed by atoms with van der Waals surface area (Å²) in [5, 5.41) is 0. The first-order valence-electron chi connectivity index (χ1n) is 7.02. The zero-order valence-electron chi connectivity index (χ0n) is 11.6. The molecule has 2 aromatic carbocycles. The summed E-state index contributed by atoms with van der Waals surface area (Å²) < 4.78 is 5.54. The van der Waals surface area contributed by atoms with E-state index in [0.29, 0.717) is 0 Å². The highest BCUT2D eigenvalue weighted by Gasteiger charge is 2.15. The topological polar surface area (TPSA) is 35.2 Å². The second kappa shape index (κ2) is 5.90. The van der Waals surface area contributed by atoms with Gasteiger partial charge in [-0.25, -0.2) is 0 Å². The van der Waals surface area contributed by atoms with E-state index < -0.39 is 0 Å². The molecule has 1 atom stereocenters. The lowest BCUT2D eigenvalue weighted by Gasteiger charge is -2.14. The van der Waals surface area contributed by atoms with E-state index in [9.17, 15) is 0 Å². The SMILES string of the molecule is CCSc1ccc(C(N)c2ccc3c(c2)CCO3)cc1. The van der Waals surface area contributed by atoms with Gasteiger partial charge in [-0.1, -0.05) is 31.2 Å². The van der Waals surface area contributed by atoms with Gasteiger partial charge in [0.1, 0.15) is 5.75 Å². The van der Waals surface area contributed by atoms with Crippen molar-refractivity contribution in [3.8, 4) is 5.75 Å². The first-order valence-corrected chi connectivity index (χ1v) is 8.00. The summed E-state index contributed by atoms with van der Waals surface area (Å²) in [6.07, 6.45) is 0.988. The van der Waals surface area contributed by atoms with Crippen molar-refractivity contribution in [1.29, 1.82) is 0 Å². The Morgan fingerprint density at radius 3 is 2.65 bits per heavy atom. The van der Waals surface area contributed by atoms with Crippen molar-refractivity contribution < 1.29 is 4.74 Å². The molecule has 0 bridgehead atoms. The minimum absolute atomic E-state index is 0.0680. The monoisotopic (exact) mass is 285 g/mol. The van der Waals surface area contributed by atoms with Gasteiger partial charge in [-0.3, -0.25) is 0 Å². The van der Waals surface area contributed by atoms with Crippen LogP contribution in [0.5, 0.6) is 5.75 Å². The number of hydrogen-bond donors (Lipinski definition) is 1.